The van der Waals surface area contributed by atoms with E-state index in [0.29, 0.717) is 25.6 Å². The monoisotopic (exact) mass is 417 g/mol. The van der Waals surface area contributed by atoms with Gasteiger partial charge in [-0.2, -0.15) is 4.98 Å². The van der Waals surface area contributed by atoms with Gasteiger partial charge in [0.2, 0.25) is 11.9 Å². The fourth-order valence-electron chi connectivity index (χ4n) is 3.54. The Labute approximate surface area is 182 Å². The zero-order valence-corrected chi connectivity index (χ0v) is 17.9. The van der Waals surface area contributed by atoms with Crippen LogP contribution in [0, 0.1) is 13.8 Å². The number of anilines is 4. The Balaban J connectivity index is 1.38. The summed E-state index contributed by atoms with van der Waals surface area (Å²) in [5.41, 5.74) is 4.66. The molecule has 2 heterocycles. The Bertz CT molecular complexity index is 1050. The molecule has 1 aromatic heterocycles. The van der Waals surface area contributed by atoms with Crippen molar-refractivity contribution >= 4 is 29.0 Å². The highest BCUT2D eigenvalue weighted by Crippen LogP contribution is 2.21. The zero-order chi connectivity index (χ0) is 21.6. The Morgan fingerprint density at radius 2 is 1.74 bits per heavy atom. The van der Waals surface area contributed by atoms with Gasteiger partial charge in [-0.15, -0.1) is 0 Å². The van der Waals surface area contributed by atoms with E-state index < -0.39 is 0 Å². The van der Waals surface area contributed by atoms with Crippen LogP contribution in [-0.2, 0) is 16.0 Å². The van der Waals surface area contributed by atoms with Crippen LogP contribution in [0.15, 0.2) is 54.6 Å². The number of morpholine rings is 1. The predicted molar refractivity (Wildman–Crippen MR) is 123 cm³/mol. The molecule has 1 amide bonds. The Morgan fingerprint density at radius 3 is 2.48 bits per heavy atom. The molecular formula is C24H27N5O2. The summed E-state index contributed by atoms with van der Waals surface area (Å²) in [6.07, 6.45) is 0.350. The summed E-state index contributed by atoms with van der Waals surface area (Å²) in [7, 11) is 0. The van der Waals surface area contributed by atoms with E-state index in [2.05, 4.69) is 25.5 Å². The average Bonchev–Trinajstić information content (AvgIpc) is 2.75. The highest BCUT2D eigenvalue weighted by atomic mass is 16.5. The lowest BCUT2D eigenvalue weighted by Gasteiger charge is -2.28. The standard InChI is InChI=1S/C24H27N5O2/c1-17-4-3-5-19(14-17)16-23(30)26-20-6-8-21(9-7-20)27-24-25-18(2)15-22(28-24)29-10-12-31-13-11-29/h3-9,14-15H,10-13,16H2,1-2H3,(H,26,30)(H,25,27,28). The first kappa shape index (κ1) is 20.8. The summed E-state index contributed by atoms with van der Waals surface area (Å²) in [5, 5.41) is 6.20. The lowest BCUT2D eigenvalue weighted by Crippen LogP contribution is -2.36. The molecule has 4 rings (SSSR count). The molecule has 2 N–H and O–H groups in total. The number of carbonyl (C=O) groups is 1. The molecule has 0 atom stereocenters. The van der Waals surface area contributed by atoms with Crippen LogP contribution < -0.4 is 15.5 Å². The number of carbonyl (C=O) groups excluding carboxylic acids is 1. The third-order valence-corrected chi connectivity index (χ3v) is 5.05. The third kappa shape index (κ3) is 5.79. The molecule has 0 bridgehead atoms. The second kappa shape index (κ2) is 9.57. The smallest absolute Gasteiger partial charge is 0.229 e. The van der Waals surface area contributed by atoms with Gasteiger partial charge in [0.15, 0.2) is 0 Å². The average molecular weight is 418 g/mol. The fourth-order valence-corrected chi connectivity index (χ4v) is 3.54. The fraction of sp³-hybridized carbons (Fsp3) is 0.292. The van der Waals surface area contributed by atoms with Crippen molar-refractivity contribution in [2.24, 2.45) is 0 Å². The van der Waals surface area contributed by atoms with Crippen molar-refractivity contribution in [3.8, 4) is 0 Å². The molecule has 0 radical (unpaired) electrons. The lowest BCUT2D eigenvalue weighted by molar-refractivity contribution is -0.115. The quantitative estimate of drug-likeness (QED) is 0.634. The van der Waals surface area contributed by atoms with E-state index >= 15 is 0 Å². The van der Waals surface area contributed by atoms with Crippen LogP contribution >= 0.6 is 0 Å². The number of aromatic nitrogens is 2. The molecule has 1 saturated heterocycles. The molecule has 0 spiro atoms. The number of nitrogens with zero attached hydrogens (tertiary/aromatic N) is 3. The number of amides is 1. The van der Waals surface area contributed by atoms with Gasteiger partial charge in [-0.1, -0.05) is 29.8 Å². The number of rotatable bonds is 6. The minimum absolute atomic E-state index is 0.0384. The number of ether oxygens (including phenoxy) is 1. The summed E-state index contributed by atoms with van der Waals surface area (Å²) in [6.45, 7) is 7.06. The molecule has 7 heteroatoms. The van der Waals surface area contributed by atoms with Gasteiger partial charge < -0.3 is 20.3 Å². The molecule has 31 heavy (non-hydrogen) atoms. The van der Waals surface area contributed by atoms with Gasteiger partial charge in [-0.3, -0.25) is 4.79 Å². The van der Waals surface area contributed by atoms with Crippen LogP contribution in [0.25, 0.3) is 0 Å². The number of aryl methyl sites for hydroxylation is 2. The number of hydrogen-bond donors (Lipinski definition) is 2. The molecule has 1 fully saturated rings. The molecule has 1 aliphatic heterocycles. The lowest BCUT2D eigenvalue weighted by atomic mass is 10.1. The first-order chi connectivity index (χ1) is 15.0. The van der Waals surface area contributed by atoms with Crippen LogP contribution in [0.5, 0.6) is 0 Å². The van der Waals surface area contributed by atoms with Gasteiger partial charge >= 0.3 is 0 Å². The first-order valence-electron chi connectivity index (χ1n) is 10.5. The van der Waals surface area contributed by atoms with Crippen molar-refractivity contribution in [1.82, 2.24) is 9.97 Å². The van der Waals surface area contributed by atoms with Crippen LogP contribution in [0.3, 0.4) is 0 Å². The van der Waals surface area contributed by atoms with Crippen LogP contribution in [0.4, 0.5) is 23.1 Å². The van der Waals surface area contributed by atoms with E-state index in [-0.39, 0.29) is 5.91 Å². The molecule has 160 valence electrons. The molecule has 0 unspecified atom stereocenters. The van der Waals surface area contributed by atoms with Gasteiger partial charge in [-0.25, -0.2) is 4.98 Å². The molecular weight excluding hydrogens is 390 g/mol. The Hall–Kier alpha value is -3.45. The predicted octanol–water partition coefficient (Wildman–Crippen LogP) is 3.85. The molecule has 1 aliphatic rings. The van der Waals surface area contributed by atoms with E-state index in [4.69, 9.17) is 4.74 Å². The summed E-state index contributed by atoms with van der Waals surface area (Å²) >= 11 is 0. The maximum Gasteiger partial charge on any atom is 0.229 e. The van der Waals surface area contributed by atoms with Gasteiger partial charge in [-0.05, 0) is 43.7 Å². The molecule has 0 saturated carbocycles. The van der Waals surface area contributed by atoms with Gasteiger partial charge in [0, 0.05) is 36.2 Å². The topological polar surface area (TPSA) is 79.4 Å². The number of nitrogens with one attached hydrogen (secondary N) is 2. The molecule has 0 aliphatic carbocycles. The van der Waals surface area contributed by atoms with Crippen LogP contribution in [0.2, 0.25) is 0 Å². The summed E-state index contributed by atoms with van der Waals surface area (Å²) in [5.74, 6) is 1.42. The molecule has 2 aromatic carbocycles. The summed E-state index contributed by atoms with van der Waals surface area (Å²) in [4.78, 5) is 23.7. The summed E-state index contributed by atoms with van der Waals surface area (Å²) < 4.78 is 5.42. The summed E-state index contributed by atoms with van der Waals surface area (Å²) in [6, 6.07) is 17.5. The van der Waals surface area contributed by atoms with E-state index in [1.807, 2.05) is 68.4 Å². The van der Waals surface area contributed by atoms with Crippen molar-refractivity contribution in [2.45, 2.75) is 20.3 Å². The second-order valence-electron chi connectivity index (χ2n) is 7.71. The van der Waals surface area contributed by atoms with Gasteiger partial charge in [0.1, 0.15) is 5.82 Å². The third-order valence-electron chi connectivity index (χ3n) is 5.05. The van der Waals surface area contributed by atoms with Gasteiger partial charge in [0.05, 0.1) is 19.6 Å². The van der Waals surface area contributed by atoms with Crippen molar-refractivity contribution in [3.63, 3.8) is 0 Å². The van der Waals surface area contributed by atoms with Crippen molar-refractivity contribution in [2.75, 3.05) is 41.8 Å². The van der Waals surface area contributed by atoms with E-state index in [9.17, 15) is 4.79 Å². The van der Waals surface area contributed by atoms with E-state index in [1.165, 1.54) is 0 Å². The number of benzene rings is 2. The minimum Gasteiger partial charge on any atom is -0.378 e. The minimum atomic E-state index is -0.0384. The maximum atomic E-state index is 12.3. The highest BCUT2D eigenvalue weighted by Gasteiger charge is 2.14. The highest BCUT2D eigenvalue weighted by molar-refractivity contribution is 5.92. The Kier molecular flexibility index (Phi) is 6.43. The van der Waals surface area contributed by atoms with Crippen LogP contribution in [0.1, 0.15) is 16.8 Å². The normalized spacial score (nSPS) is 13.7. The van der Waals surface area contributed by atoms with Gasteiger partial charge in [0.25, 0.3) is 0 Å². The van der Waals surface area contributed by atoms with Crippen LogP contribution in [-0.4, -0.2) is 42.2 Å². The maximum absolute atomic E-state index is 12.3. The number of hydrogen-bond acceptors (Lipinski definition) is 6. The second-order valence-corrected chi connectivity index (χ2v) is 7.71. The van der Waals surface area contributed by atoms with E-state index in [1.54, 1.807) is 0 Å². The van der Waals surface area contributed by atoms with E-state index in [0.717, 1.165) is 47.1 Å². The zero-order valence-electron chi connectivity index (χ0n) is 17.9. The van der Waals surface area contributed by atoms with Crippen molar-refractivity contribution in [1.29, 1.82) is 0 Å². The molecule has 3 aromatic rings. The largest absolute Gasteiger partial charge is 0.378 e. The Morgan fingerprint density at radius 1 is 1.00 bits per heavy atom. The SMILES string of the molecule is Cc1cccc(CC(=O)Nc2ccc(Nc3nc(C)cc(N4CCOCC4)n3)cc2)c1. The van der Waals surface area contributed by atoms with Crippen molar-refractivity contribution < 1.29 is 9.53 Å². The van der Waals surface area contributed by atoms with Crippen molar-refractivity contribution in [3.05, 3.63) is 71.4 Å². The first-order valence-corrected chi connectivity index (χ1v) is 10.5. The molecule has 7 nitrogen and oxygen atoms in total.